The van der Waals surface area contributed by atoms with E-state index in [1.54, 1.807) is 0 Å². The molecule has 1 fully saturated rings. The Labute approximate surface area is 461 Å². The van der Waals surface area contributed by atoms with Crippen molar-refractivity contribution in [2.24, 2.45) is 5.73 Å². The SMILES string of the molecule is CC(C)c1cccc(C(C)C)c1-c1cc(-c2cccc(-c3cc(-c4c(C(C)C)cccc4C(C)C)cc(-c4c(C(C)C)cccc4C(C)C)c3)c2[Se]O[C@@H]2CCCC[C@H]2N)cc(-c2c(C(C)C)cccc2C(C)C)c1. The summed E-state index contributed by atoms with van der Waals surface area (Å²) >= 11 is -0.367. The predicted molar refractivity (Wildman–Crippen MR) is 328 cm³/mol. The second-order valence-electron chi connectivity index (χ2n) is 24.4. The van der Waals surface area contributed by atoms with Crippen LogP contribution in [0, 0.1) is 0 Å². The molecule has 8 rings (SSSR count). The molecule has 2 nitrogen and oxygen atoms in total. The van der Waals surface area contributed by atoms with Gasteiger partial charge in [-0.25, -0.2) is 0 Å². The first-order chi connectivity index (χ1) is 35.8. The van der Waals surface area contributed by atoms with Crippen LogP contribution < -0.4 is 10.2 Å². The molecule has 0 spiro atoms. The first-order valence-corrected chi connectivity index (χ1v) is 30.4. The summed E-state index contributed by atoms with van der Waals surface area (Å²) in [6.07, 6.45) is 4.36. The van der Waals surface area contributed by atoms with Crippen molar-refractivity contribution in [2.45, 2.75) is 196 Å². The number of benzene rings is 7. The summed E-state index contributed by atoms with van der Waals surface area (Å²) in [4.78, 5) is 0. The molecule has 0 heterocycles. The zero-order valence-corrected chi connectivity index (χ0v) is 50.3. The van der Waals surface area contributed by atoms with Crippen LogP contribution in [0.15, 0.2) is 127 Å². The molecular weight excluding hydrogens is 974 g/mol. The van der Waals surface area contributed by atoms with E-state index in [1.807, 2.05) is 0 Å². The van der Waals surface area contributed by atoms with Gasteiger partial charge in [-0.05, 0) is 0 Å². The Hall–Kier alpha value is -5.02. The van der Waals surface area contributed by atoms with Gasteiger partial charge in [-0.2, -0.15) is 0 Å². The topological polar surface area (TPSA) is 35.2 Å². The third kappa shape index (κ3) is 11.9. The standard InChI is InChI=1S/C72H89NOSe/c1-42(2)56-24-19-25-57(43(3)4)68(56)52-36-50(37-53(40-52)69-58(44(5)6)26-20-27-59(69)45(7)8)64-32-23-33-65(72(64)75-74-67-35-18-17-34-66(67)73)51-38-54(70-60(46(9)10)28-21-29-61(70)47(11)12)41-55(39-51)71-62(48(13)14)30-22-31-63(71)49(15)16/h19-33,36-49,66-67H,17-18,34-35,73H2,1-16H3/t66-,67-/m1/s1. The summed E-state index contributed by atoms with van der Waals surface area (Å²) in [6, 6.07) is 50.3. The van der Waals surface area contributed by atoms with Gasteiger partial charge in [0.1, 0.15) is 0 Å². The summed E-state index contributed by atoms with van der Waals surface area (Å²) in [7, 11) is 0. The van der Waals surface area contributed by atoms with Gasteiger partial charge in [0.15, 0.2) is 0 Å². The number of nitrogens with two attached hydrogens (primary N) is 1. The van der Waals surface area contributed by atoms with Gasteiger partial charge in [0.2, 0.25) is 0 Å². The second-order valence-corrected chi connectivity index (χ2v) is 26.0. The van der Waals surface area contributed by atoms with Gasteiger partial charge in [-0.1, -0.05) is 0 Å². The summed E-state index contributed by atoms with van der Waals surface area (Å²) in [5, 5.41) is 0. The van der Waals surface area contributed by atoms with E-state index in [0.717, 1.165) is 19.3 Å². The van der Waals surface area contributed by atoms with E-state index >= 15 is 0 Å². The zero-order valence-electron chi connectivity index (χ0n) is 48.6. The molecule has 0 radical (unpaired) electrons. The number of rotatable bonds is 17. The molecule has 0 unspecified atom stereocenters. The van der Waals surface area contributed by atoms with Crippen LogP contribution in [-0.2, 0) is 3.82 Å². The van der Waals surface area contributed by atoms with Crippen molar-refractivity contribution >= 4 is 19.7 Å². The molecule has 1 aliphatic rings. The van der Waals surface area contributed by atoms with Crippen molar-refractivity contribution in [1.29, 1.82) is 0 Å². The van der Waals surface area contributed by atoms with E-state index in [2.05, 4.69) is 238 Å². The third-order valence-electron chi connectivity index (χ3n) is 16.2. The maximum absolute atomic E-state index is 7.31. The van der Waals surface area contributed by atoms with Crippen LogP contribution in [0.3, 0.4) is 0 Å². The predicted octanol–water partition coefficient (Wildman–Crippen LogP) is 20.2. The van der Waals surface area contributed by atoms with Crippen molar-refractivity contribution in [3.05, 3.63) is 172 Å². The summed E-state index contributed by atoms with van der Waals surface area (Å²) in [5.74, 6) is 2.82. The van der Waals surface area contributed by atoms with Gasteiger partial charge >= 0.3 is 464 Å². The average molecular weight is 1060 g/mol. The third-order valence-corrected chi connectivity index (χ3v) is 18.2. The van der Waals surface area contributed by atoms with Crippen molar-refractivity contribution in [1.82, 2.24) is 0 Å². The quantitative estimate of drug-likeness (QED) is 0.0923. The van der Waals surface area contributed by atoms with Gasteiger partial charge in [0.05, 0.1) is 0 Å². The minimum atomic E-state index is -0.367. The van der Waals surface area contributed by atoms with Crippen LogP contribution in [0.25, 0.3) is 66.8 Å². The van der Waals surface area contributed by atoms with E-state index in [4.69, 9.17) is 9.55 Å². The minimum absolute atomic E-state index is 0.0273. The van der Waals surface area contributed by atoms with Crippen molar-refractivity contribution < 1.29 is 3.82 Å². The van der Waals surface area contributed by atoms with Gasteiger partial charge in [-0.3, -0.25) is 0 Å². The fraction of sp³-hybridized carbons (Fsp3) is 0.417. The monoisotopic (exact) mass is 1060 g/mol. The molecule has 75 heavy (non-hydrogen) atoms. The zero-order chi connectivity index (χ0) is 54.0. The Morgan fingerprint density at radius 1 is 0.347 bits per heavy atom. The molecule has 0 bridgehead atoms. The van der Waals surface area contributed by atoms with E-state index in [0.29, 0.717) is 47.3 Å². The molecular formula is C72H89NOSe. The molecule has 7 aromatic rings. The molecule has 2 N–H and O–H groups in total. The van der Waals surface area contributed by atoms with Crippen LogP contribution in [0.2, 0.25) is 0 Å². The van der Waals surface area contributed by atoms with Crippen LogP contribution in [0.5, 0.6) is 0 Å². The fourth-order valence-corrected chi connectivity index (χ4v) is 14.2. The molecule has 0 amide bonds. The maximum atomic E-state index is 7.31. The van der Waals surface area contributed by atoms with E-state index in [9.17, 15) is 0 Å². The van der Waals surface area contributed by atoms with E-state index < -0.39 is 0 Å². The van der Waals surface area contributed by atoms with Gasteiger partial charge in [-0.15, -0.1) is 0 Å². The van der Waals surface area contributed by atoms with Gasteiger partial charge in [0.25, 0.3) is 0 Å². The molecule has 0 aliphatic heterocycles. The fourth-order valence-electron chi connectivity index (χ4n) is 12.1. The summed E-state index contributed by atoms with van der Waals surface area (Å²) < 4.78 is 8.58. The number of hydrogen-bond acceptors (Lipinski definition) is 2. The Kier molecular flexibility index (Phi) is 18.1. The van der Waals surface area contributed by atoms with E-state index in [-0.39, 0.29) is 27.4 Å². The molecule has 0 saturated heterocycles. The molecule has 2 atom stereocenters. The molecule has 3 heteroatoms. The molecule has 0 aromatic heterocycles. The van der Waals surface area contributed by atoms with Crippen LogP contribution >= 0.6 is 0 Å². The number of hydrogen-bond donors (Lipinski definition) is 1. The summed E-state index contributed by atoms with van der Waals surface area (Å²) in [5.41, 5.74) is 33.7. The van der Waals surface area contributed by atoms with Crippen LogP contribution in [0.4, 0.5) is 0 Å². The van der Waals surface area contributed by atoms with Crippen LogP contribution in [-0.4, -0.2) is 27.4 Å². The van der Waals surface area contributed by atoms with Crippen molar-refractivity contribution in [2.75, 3.05) is 0 Å². The molecule has 1 aliphatic carbocycles. The van der Waals surface area contributed by atoms with E-state index in [1.165, 1.54) is 122 Å². The first-order valence-electron chi connectivity index (χ1n) is 28.8. The van der Waals surface area contributed by atoms with Crippen molar-refractivity contribution in [3.63, 3.8) is 0 Å². The first kappa shape index (κ1) is 56.2. The Balaban J connectivity index is 1.51. The molecule has 7 aromatic carbocycles. The molecule has 1 saturated carbocycles. The van der Waals surface area contributed by atoms with Crippen molar-refractivity contribution in [3.8, 4) is 66.8 Å². The van der Waals surface area contributed by atoms with Crippen LogP contribution in [0.1, 0.15) is 228 Å². The van der Waals surface area contributed by atoms with Gasteiger partial charge < -0.3 is 0 Å². The Morgan fingerprint density at radius 3 is 0.840 bits per heavy atom. The Bertz CT molecular complexity index is 2650. The normalized spacial score (nSPS) is 15.3. The summed E-state index contributed by atoms with van der Waals surface area (Å²) in [6.45, 7) is 37.6. The molecule has 394 valence electrons. The average Bonchev–Trinajstić information content (AvgIpc) is 3.39. The van der Waals surface area contributed by atoms with Gasteiger partial charge in [0, 0.05) is 0 Å². The Morgan fingerprint density at radius 2 is 0.587 bits per heavy atom. The second kappa shape index (κ2) is 24.1.